The summed E-state index contributed by atoms with van der Waals surface area (Å²) in [7, 11) is 0. The summed E-state index contributed by atoms with van der Waals surface area (Å²) in [6.45, 7) is 1.74. The van der Waals surface area contributed by atoms with Gasteiger partial charge in [-0.2, -0.15) is 0 Å². The predicted molar refractivity (Wildman–Crippen MR) is 98.5 cm³/mol. The van der Waals surface area contributed by atoms with Crippen LogP contribution in [0.5, 0.6) is 0 Å². The maximum Gasteiger partial charge on any atom is 0.255 e. The molecule has 0 spiro atoms. The standard InChI is InChI=1S/C20H20ClFN2O2/c1-2-12-5-3-4-6-14(12)20(26)24(11-19(23)25)18-8-7-15-16(18)9-13(21)10-17(15)22/h3-6,9-10,18H,2,7-8,11H2,1H3,(H2,23,25). The summed E-state index contributed by atoms with van der Waals surface area (Å²) in [6, 6.07) is 9.79. The summed E-state index contributed by atoms with van der Waals surface area (Å²) in [5, 5.41) is 0.272. The number of hydrogen-bond acceptors (Lipinski definition) is 2. The molecule has 2 aromatic rings. The van der Waals surface area contributed by atoms with Crippen molar-refractivity contribution in [2.75, 3.05) is 6.54 Å². The Hall–Kier alpha value is -2.40. The molecule has 6 heteroatoms. The molecule has 0 bridgehead atoms. The third-order valence-corrected chi connectivity index (χ3v) is 5.03. The van der Waals surface area contributed by atoms with Crippen molar-refractivity contribution in [1.82, 2.24) is 4.90 Å². The number of hydrogen-bond donors (Lipinski definition) is 1. The Kier molecular flexibility index (Phi) is 5.28. The fourth-order valence-corrected chi connectivity index (χ4v) is 3.84. The van der Waals surface area contributed by atoms with Crippen molar-refractivity contribution >= 4 is 23.4 Å². The first kappa shape index (κ1) is 18.4. The molecular formula is C20H20ClFN2O2. The zero-order valence-electron chi connectivity index (χ0n) is 14.5. The quantitative estimate of drug-likeness (QED) is 0.868. The van der Waals surface area contributed by atoms with Gasteiger partial charge >= 0.3 is 0 Å². The largest absolute Gasteiger partial charge is 0.368 e. The molecule has 26 heavy (non-hydrogen) atoms. The first-order chi connectivity index (χ1) is 12.4. The van der Waals surface area contributed by atoms with Crippen molar-refractivity contribution in [3.05, 3.63) is 69.5 Å². The van der Waals surface area contributed by atoms with Crippen LogP contribution >= 0.6 is 11.6 Å². The van der Waals surface area contributed by atoms with E-state index < -0.39 is 11.9 Å². The van der Waals surface area contributed by atoms with Crippen LogP contribution in [0.1, 0.15) is 46.4 Å². The Labute approximate surface area is 156 Å². The van der Waals surface area contributed by atoms with E-state index in [4.69, 9.17) is 17.3 Å². The van der Waals surface area contributed by atoms with Gasteiger partial charge in [-0.15, -0.1) is 0 Å². The SMILES string of the molecule is CCc1ccccc1C(=O)N(CC(N)=O)C1CCc2c(F)cc(Cl)cc21. The van der Waals surface area contributed by atoms with Crippen molar-refractivity contribution in [2.45, 2.75) is 32.2 Å². The minimum atomic E-state index is -0.608. The Morgan fingerprint density at radius 3 is 2.73 bits per heavy atom. The van der Waals surface area contributed by atoms with Crippen LogP contribution in [0, 0.1) is 5.82 Å². The number of nitrogens with zero attached hydrogens (tertiary/aromatic N) is 1. The van der Waals surface area contributed by atoms with E-state index in [0.29, 0.717) is 36.0 Å². The van der Waals surface area contributed by atoms with Crippen LogP contribution in [-0.2, 0) is 17.6 Å². The summed E-state index contributed by atoms with van der Waals surface area (Å²) in [6.07, 6.45) is 1.70. The monoisotopic (exact) mass is 374 g/mol. The molecule has 0 saturated carbocycles. The van der Waals surface area contributed by atoms with E-state index >= 15 is 0 Å². The minimum Gasteiger partial charge on any atom is -0.368 e. The molecule has 4 nitrogen and oxygen atoms in total. The zero-order valence-corrected chi connectivity index (χ0v) is 15.2. The first-order valence-electron chi connectivity index (χ1n) is 8.57. The summed E-state index contributed by atoms with van der Waals surface area (Å²) >= 11 is 6.01. The normalized spacial score (nSPS) is 15.6. The number of halogens is 2. The first-order valence-corrected chi connectivity index (χ1v) is 8.95. The van der Waals surface area contributed by atoms with Crippen LogP contribution in [0.3, 0.4) is 0 Å². The number of rotatable bonds is 5. The number of aryl methyl sites for hydroxylation is 1. The molecular weight excluding hydrogens is 355 g/mol. The summed E-state index contributed by atoms with van der Waals surface area (Å²) in [5.41, 5.74) is 8.02. The second-order valence-corrected chi connectivity index (χ2v) is 6.86. The molecule has 3 rings (SSSR count). The van der Waals surface area contributed by atoms with Gasteiger partial charge in [0.1, 0.15) is 12.4 Å². The molecule has 0 aromatic heterocycles. The number of fused-ring (bicyclic) bond motifs is 1. The van der Waals surface area contributed by atoms with Gasteiger partial charge in [-0.05, 0) is 54.2 Å². The molecule has 0 saturated heterocycles. The molecule has 2 N–H and O–H groups in total. The fourth-order valence-electron chi connectivity index (χ4n) is 3.63. The van der Waals surface area contributed by atoms with Gasteiger partial charge in [-0.3, -0.25) is 9.59 Å². The second kappa shape index (κ2) is 7.46. The second-order valence-electron chi connectivity index (χ2n) is 6.42. The summed E-state index contributed by atoms with van der Waals surface area (Å²) in [4.78, 5) is 26.3. The summed E-state index contributed by atoms with van der Waals surface area (Å²) in [5.74, 6) is -1.27. The van der Waals surface area contributed by atoms with Crippen LogP contribution < -0.4 is 5.73 Å². The predicted octanol–water partition coefficient (Wildman–Crippen LogP) is 3.66. The zero-order chi connectivity index (χ0) is 18.8. The Morgan fingerprint density at radius 1 is 1.31 bits per heavy atom. The van der Waals surface area contributed by atoms with E-state index in [1.807, 2.05) is 19.1 Å². The van der Waals surface area contributed by atoms with Crippen molar-refractivity contribution in [1.29, 1.82) is 0 Å². The van der Waals surface area contributed by atoms with Gasteiger partial charge in [0.15, 0.2) is 0 Å². The Balaban J connectivity index is 2.04. The van der Waals surface area contributed by atoms with E-state index in [9.17, 15) is 14.0 Å². The van der Waals surface area contributed by atoms with Gasteiger partial charge < -0.3 is 10.6 Å². The van der Waals surface area contributed by atoms with Crippen LogP contribution in [0.2, 0.25) is 5.02 Å². The summed E-state index contributed by atoms with van der Waals surface area (Å²) < 4.78 is 14.2. The van der Waals surface area contributed by atoms with E-state index in [1.54, 1.807) is 18.2 Å². The molecule has 0 fully saturated rings. The van der Waals surface area contributed by atoms with E-state index in [-0.39, 0.29) is 23.3 Å². The lowest BCUT2D eigenvalue weighted by Gasteiger charge is -2.29. The molecule has 0 radical (unpaired) electrons. The number of amides is 2. The van der Waals surface area contributed by atoms with Crippen molar-refractivity contribution in [3.8, 4) is 0 Å². The van der Waals surface area contributed by atoms with Crippen molar-refractivity contribution in [2.24, 2.45) is 5.73 Å². The molecule has 136 valence electrons. The molecule has 1 aliphatic rings. The highest BCUT2D eigenvalue weighted by molar-refractivity contribution is 6.30. The Bertz CT molecular complexity index is 869. The lowest BCUT2D eigenvalue weighted by atomic mass is 10.0. The molecule has 0 heterocycles. The van der Waals surface area contributed by atoms with Gasteiger partial charge in [-0.25, -0.2) is 4.39 Å². The molecule has 0 aliphatic heterocycles. The molecule has 1 aliphatic carbocycles. The molecule has 2 amide bonds. The maximum atomic E-state index is 14.2. The van der Waals surface area contributed by atoms with E-state index in [2.05, 4.69) is 0 Å². The Morgan fingerprint density at radius 2 is 2.04 bits per heavy atom. The lowest BCUT2D eigenvalue weighted by Crippen LogP contribution is -2.40. The third-order valence-electron chi connectivity index (χ3n) is 4.81. The smallest absolute Gasteiger partial charge is 0.255 e. The molecule has 2 aromatic carbocycles. The number of carbonyl (C=O) groups is 2. The molecule has 1 unspecified atom stereocenters. The minimum absolute atomic E-state index is 0.227. The number of benzene rings is 2. The van der Waals surface area contributed by atoms with Gasteiger partial charge in [0.2, 0.25) is 5.91 Å². The van der Waals surface area contributed by atoms with Gasteiger partial charge in [-0.1, -0.05) is 36.7 Å². The van der Waals surface area contributed by atoms with Crippen molar-refractivity contribution in [3.63, 3.8) is 0 Å². The van der Waals surface area contributed by atoms with E-state index in [1.165, 1.54) is 11.0 Å². The van der Waals surface area contributed by atoms with Crippen molar-refractivity contribution < 1.29 is 14.0 Å². The highest BCUT2D eigenvalue weighted by Crippen LogP contribution is 2.39. The number of carbonyl (C=O) groups excluding carboxylic acids is 2. The van der Waals surface area contributed by atoms with Gasteiger partial charge in [0.05, 0.1) is 6.04 Å². The van der Waals surface area contributed by atoms with Crippen LogP contribution in [0.15, 0.2) is 36.4 Å². The van der Waals surface area contributed by atoms with Crippen LogP contribution in [-0.4, -0.2) is 23.3 Å². The molecule has 1 atom stereocenters. The highest BCUT2D eigenvalue weighted by atomic mass is 35.5. The number of nitrogens with two attached hydrogens (primary N) is 1. The van der Waals surface area contributed by atoms with Gasteiger partial charge in [0, 0.05) is 10.6 Å². The fraction of sp³-hybridized carbons (Fsp3) is 0.300. The van der Waals surface area contributed by atoms with Gasteiger partial charge in [0.25, 0.3) is 5.91 Å². The topological polar surface area (TPSA) is 63.4 Å². The average molecular weight is 375 g/mol. The highest BCUT2D eigenvalue weighted by Gasteiger charge is 2.34. The lowest BCUT2D eigenvalue weighted by molar-refractivity contribution is -0.119. The average Bonchev–Trinajstić information content (AvgIpc) is 3.02. The van der Waals surface area contributed by atoms with Crippen LogP contribution in [0.25, 0.3) is 0 Å². The van der Waals surface area contributed by atoms with E-state index in [0.717, 1.165) is 5.56 Å². The maximum absolute atomic E-state index is 14.2. The third kappa shape index (κ3) is 3.44. The number of primary amides is 1. The van der Waals surface area contributed by atoms with Crippen LogP contribution in [0.4, 0.5) is 4.39 Å².